The van der Waals surface area contributed by atoms with Crippen LogP contribution >= 0.6 is 11.8 Å². The topological polar surface area (TPSA) is 98.1 Å². The number of amides is 1. The number of carbonyl (C=O) groups is 2. The second kappa shape index (κ2) is 11.3. The third kappa shape index (κ3) is 6.24. The first-order valence-corrected chi connectivity index (χ1v) is 11.6. The van der Waals surface area contributed by atoms with E-state index >= 15 is 0 Å². The predicted molar refractivity (Wildman–Crippen MR) is 132 cm³/mol. The summed E-state index contributed by atoms with van der Waals surface area (Å²) in [6, 6.07) is 22.1. The van der Waals surface area contributed by atoms with Crippen LogP contribution in [0.3, 0.4) is 0 Å². The Morgan fingerprint density at radius 3 is 2.31 bits per heavy atom. The second-order valence-corrected chi connectivity index (χ2v) is 8.28. The summed E-state index contributed by atoms with van der Waals surface area (Å²) in [4.78, 5) is 24.1. The molecule has 0 saturated heterocycles. The number of nitrogens with one attached hydrogen (secondary N) is 2. The van der Waals surface area contributed by atoms with Crippen molar-refractivity contribution in [1.29, 1.82) is 0 Å². The largest absolute Gasteiger partial charge is 0.465 e. The Balaban J connectivity index is 1.44. The van der Waals surface area contributed by atoms with Crippen LogP contribution in [0.2, 0.25) is 0 Å². The molecule has 10 heteroatoms. The van der Waals surface area contributed by atoms with E-state index in [-0.39, 0.29) is 17.5 Å². The number of esters is 1. The maximum atomic E-state index is 13.2. The molecular formula is C25H22FN5O3S. The van der Waals surface area contributed by atoms with Gasteiger partial charge in [-0.2, -0.15) is 0 Å². The fourth-order valence-corrected chi connectivity index (χ4v) is 4.00. The molecule has 0 aliphatic rings. The minimum atomic E-state index is -0.441. The average molecular weight is 492 g/mol. The van der Waals surface area contributed by atoms with E-state index in [1.165, 1.54) is 31.0 Å². The molecule has 0 fully saturated rings. The van der Waals surface area contributed by atoms with E-state index in [9.17, 15) is 14.0 Å². The van der Waals surface area contributed by atoms with E-state index in [2.05, 4.69) is 25.6 Å². The SMILES string of the molecule is COC(=O)c1ccc(NC(=O)CSc2nnc(CNc3ccc(F)cc3)n2-c2ccccc2)cc1. The lowest BCUT2D eigenvalue weighted by molar-refractivity contribution is -0.113. The van der Waals surface area contributed by atoms with Crippen LogP contribution in [-0.4, -0.2) is 39.5 Å². The van der Waals surface area contributed by atoms with Gasteiger partial charge < -0.3 is 15.4 Å². The minimum Gasteiger partial charge on any atom is -0.465 e. The zero-order valence-corrected chi connectivity index (χ0v) is 19.6. The molecular weight excluding hydrogens is 469 g/mol. The fourth-order valence-electron chi connectivity index (χ4n) is 3.23. The summed E-state index contributed by atoms with van der Waals surface area (Å²) in [5.41, 5.74) is 2.57. The molecule has 1 heterocycles. The molecule has 0 atom stereocenters. The first-order valence-electron chi connectivity index (χ1n) is 10.6. The molecule has 3 aromatic carbocycles. The number of halogens is 1. The minimum absolute atomic E-state index is 0.106. The van der Waals surface area contributed by atoms with Crippen LogP contribution < -0.4 is 10.6 Å². The van der Waals surface area contributed by atoms with Gasteiger partial charge >= 0.3 is 5.97 Å². The summed E-state index contributed by atoms with van der Waals surface area (Å²) in [6.45, 7) is 0.354. The summed E-state index contributed by atoms with van der Waals surface area (Å²) in [5, 5.41) is 15.2. The molecule has 0 radical (unpaired) electrons. The summed E-state index contributed by atoms with van der Waals surface area (Å²) < 4.78 is 19.7. The molecule has 0 aliphatic carbocycles. The molecule has 4 rings (SSSR count). The number of hydrogen-bond donors (Lipinski definition) is 2. The number of aromatic nitrogens is 3. The van der Waals surface area contributed by atoms with Gasteiger partial charge in [0.2, 0.25) is 5.91 Å². The normalized spacial score (nSPS) is 10.6. The maximum absolute atomic E-state index is 13.2. The summed E-state index contributed by atoms with van der Waals surface area (Å²) >= 11 is 1.25. The third-order valence-electron chi connectivity index (χ3n) is 4.93. The molecule has 2 N–H and O–H groups in total. The lowest BCUT2D eigenvalue weighted by atomic mass is 10.2. The summed E-state index contributed by atoms with van der Waals surface area (Å²) in [7, 11) is 1.31. The Kier molecular flexibility index (Phi) is 7.74. The van der Waals surface area contributed by atoms with E-state index < -0.39 is 5.97 Å². The molecule has 0 unspecified atom stereocenters. The highest BCUT2D eigenvalue weighted by Crippen LogP contribution is 2.23. The highest BCUT2D eigenvalue weighted by molar-refractivity contribution is 7.99. The van der Waals surface area contributed by atoms with Crippen LogP contribution in [0.15, 0.2) is 84.0 Å². The van der Waals surface area contributed by atoms with Crippen molar-refractivity contribution in [2.45, 2.75) is 11.7 Å². The molecule has 4 aromatic rings. The molecule has 1 amide bonds. The van der Waals surface area contributed by atoms with Crippen LogP contribution in [0.4, 0.5) is 15.8 Å². The van der Waals surface area contributed by atoms with Crippen molar-refractivity contribution in [2.24, 2.45) is 0 Å². The average Bonchev–Trinajstić information content (AvgIpc) is 3.30. The van der Waals surface area contributed by atoms with Crippen molar-refractivity contribution >= 4 is 35.0 Å². The Morgan fingerprint density at radius 1 is 0.943 bits per heavy atom. The predicted octanol–water partition coefficient (Wildman–Crippen LogP) is 4.54. The van der Waals surface area contributed by atoms with Crippen LogP contribution in [0.1, 0.15) is 16.2 Å². The molecule has 8 nitrogen and oxygen atoms in total. The Bertz CT molecular complexity index is 1300. The zero-order valence-electron chi connectivity index (χ0n) is 18.8. The van der Waals surface area contributed by atoms with E-state index in [0.29, 0.717) is 28.8 Å². The quantitative estimate of drug-likeness (QED) is 0.262. The molecule has 1 aromatic heterocycles. The fraction of sp³-hybridized carbons (Fsp3) is 0.120. The van der Waals surface area contributed by atoms with Crippen molar-refractivity contribution < 1.29 is 18.7 Å². The third-order valence-corrected chi connectivity index (χ3v) is 5.86. The van der Waals surface area contributed by atoms with Gasteiger partial charge in [-0.05, 0) is 60.7 Å². The van der Waals surface area contributed by atoms with Crippen molar-refractivity contribution in [3.63, 3.8) is 0 Å². The number of ether oxygens (including phenoxy) is 1. The van der Waals surface area contributed by atoms with Crippen molar-refractivity contribution in [2.75, 3.05) is 23.5 Å². The van der Waals surface area contributed by atoms with Gasteiger partial charge in [0.25, 0.3) is 0 Å². The van der Waals surface area contributed by atoms with Crippen LogP contribution in [0.25, 0.3) is 5.69 Å². The number of nitrogens with zero attached hydrogens (tertiary/aromatic N) is 3. The van der Waals surface area contributed by atoms with Crippen LogP contribution in [0.5, 0.6) is 0 Å². The Morgan fingerprint density at radius 2 is 1.63 bits per heavy atom. The van der Waals surface area contributed by atoms with E-state index in [0.717, 1.165) is 11.4 Å². The number of methoxy groups -OCH3 is 1. The number of carbonyl (C=O) groups excluding carboxylic acids is 2. The van der Waals surface area contributed by atoms with E-state index in [1.807, 2.05) is 34.9 Å². The number of rotatable bonds is 9. The summed E-state index contributed by atoms with van der Waals surface area (Å²) in [6.07, 6.45) is 0. The lowest BCUT2D eigenvalue weighted by Gasteiger charge is -2.11. The number of thioether (sulfide) groups is 1. The summed E-state index contributed by atoms with van der Waals surface area (Å²) in [5.74, 6) is -0.228. The standard InChI is InChI=1S/C25H22FN5O3S/c1-34-24(33)17-7-11-20(12-8-17)28-23(32)16-35-25-30-29-22(31(25)21-5-3-2-4-6-21)15-27-19-13-9-18(26)10-14-19/h2-14,27H,15-16H2,1H3,(H,28,32). The number of hydrogen-bond acceptors (Lipinski definition) is 7. The van der Waals surface area contributed by atoms with Crippen LogP contribution in [-0.2, 0) is 16.1 Å². The lowest BCUT2D eigenvalue weighted by Crippen LogP contribution is -2.15. The molecule has 178 valence electrons. The second-order valence-electron chi connectivity index (χ2n) is 7.34. The first kappa shape index (κ1) is 24.0. The van der Waals surface area contributed by atoms with Gasteiger partial charge in [-0.15, -0.1) is 10.2 Å². The zero-order chi connectivity index (χ0) is 24.6. The molecule has 0 bridgehead atoms. The Hall–Kier alpha value is -4.18. The number of anilines is 2. The smallest absolute Gasteiger partial charge is 0.337 e. The van der Waals surface area contributed by atoms with Gasteiger partial charge in [0.15, 0.2) is 11.0 Å². The molecule has 0 spiro atoms. The maximum Gasteiger partial charge on any atom is 0.337 e. The highest BCUT2D eigenvalue weighted by atomic mass is 32.2. The van der Waals surface area contributed by atoms with Gasteiger partial charge in [0, 0.05) is 17.1 Å². The number of benzene rings is 3. The highest BCUT2D eigenvalue weighted by Gasteiger charge is 2.16. The van der Waals surface area contributed by atoms with E-state index in [1.54, 1.807) is 36.4 Å². The molecule has 35 heavy (non-hydrogen) atoms. The molecule has 0 saturated carbocycles. The first-order chi connectivity index (χ1) is 17.0. The van der Waals surface area contributed by atoms with Crippen molar-refractivity contribution in [1.82, 2.24) is 14.8 Å². The van der Waals surface area contributed by atoms with Gasteiger partial charge in [-0.1, -0.05) is 30.0 Å². The number of para-hydroxylation sites is 1. The van der Waals surface area contributed by atoms with Gasteiger partial charge in [0.05, 0.1) is 25.0 Å². The van der Waals surface area contributed by atoms with Gasteiger partial charge in [0.1, 0.15) is 5.82 Å². The van der Waals surface area contributed by atoms with Gasteiger partial charge in [-0.25, -0.2) is 9.18 Å². The van der Waals surface area contributed by atoms with Crippen LogP contribution in [0, 0.1) is 5.82 Å². The van der Waals surface area contributed by atoms with Gasteiger partial charge in [-0.3, -0.25) is 9.36 Å². The van der Waals surface area contributed by atoms with E-state index in [4.69, 9.17) is 0 Å². The monoisotopic (exact) mass is 491 g/mol. The van der Waals surface area contributed by atoms with Crippen molar-refractivity contribution in [3.8, 4) is 5.69 Å². The van der Waals surface area contributed by atoms with Crippen molar-refractivity contribution in [3.05, 3.63) is 96.1 Å². The molecule has 0 aliphatic heterocycles. The Labute approximate surface area is 205 Å².